The molecule has 15 heavy (non-hydrogen) atoms. The molecule has 0 bridgehead atoms. The van der Waals surface area contributed by atoms with Crippen LogP contribution in [-0.4, -0.2) is 36.0 Å². The van der Waals surface area contributed by atoms with Crippen molar-refractivity contribution in [2.45, 2.75) is 11.8 Å². The van der Waals surface area contributed by atoms with Gasteiger partial charge in [-0.1, -0.05) is 29.4 Å². The highest BCUT2D eigenvalue weighted by molar-refractivity contribution is 6.06. The summed E-state index contributed by atoms with van der Waals surface area (Å²) in [6.45, 7) is 2.14. The maximum Gasteiger partial charge on any atom is 0.0880 e. The number of hydrogen-bond acceptors (Lipinski definition) is 3. The highest BCUT2D eigenvalue weighted by Gasteiger charge is 2.49. The molecular formula is C12H14N2O. The Hall–Kier alpha value is -1.35. The zero-order valence-corrected chi connectivity index (χ0v) is 8.77. The number of benzene rings is 1. The predicted molar refractivity (Wildman–Crippen MR) is 58.6 cm³/mol. The van der Waals surface area contributed by atoms with Gasteiger partial charge in [-0.3, -0.25) is 0 Å². The third-order valence-corrected chi connectivity index (χ3v) is 3.58. The summed E-state index contributed by atoms with van der Waals surface area (Å²) >= 11 is 0. The molecule has 1 spiro atoms. The molecule has 0 amide bonds. The Morgan fingerprint density at radius 1 is 1.33 bits per heavy atom. The van der Waals surface area contributed by atoms with Gasteiger partial charge < -0.3 is 10.1 Å². The van der Waals surface area contributed by atoms with E-state index in [1.165, 1.54) is 5.56 Å². The maximum atomic E-state index is 9.00. The minimum absolute atomic E-state index is 0.229. The van der Waals surface area contributed by atoms with Gasteiger partial charge in [-0.15, -0.1) is 0 Å². The van der Waals surface area contributed by atoms with Crippen LogP contribution >= 0.6 is 0 Å². The molecule has 1 aliphatic heterocycles. The van der Waals surface area contributed by atoms with Gasteiger partial charge in [0.2, 0.25) is 0 Å². The number of nitrogens with zero attached hydrogens (tertiary/aromatic N) is 2. The lowest BCUT2D eigenvalue weighted by Crippen LogP contribution is -2.56. The number of rotatable bonds is 0. The Morgan fingerprint density at radius 2 is 2.07 bits per heavy atom. The number of likely N-dealkylation sites (tertiary alicyclic amines) is 1. The molecule has 0 saturated carbocycles. The summed E-state index contributed by atoms with van der Waals surface area (Å²) in [6.07, 6.45) is 0.882. The fourth-order valence-corrected chi connectivity index (χ4v) is 3.07. The highest BCUT2D eigenvalue weighted by atomic mass is 16.4. The summed E-state index contributed by atoms with van der Waals surface area (Å²) in [4.78, 5) is 2.30. The molecule has 1 fully saturated rings. The Morgan fingerprint density at radius 3 is 2.73 bits per heavy atom. The van der Waals surface area contributed by atoms with Gasteiger partial charge in [0.05, 0.1) is 5.71 Å². The first-order chi connectivity index (χ1) is 7.25. The van der Waals surface area contributed by atoms with Gasteiger partial charge in [0, 0.05) is 30.5 Å². The Kier molecular flexibility index (Phi) is 1.68. The molecule has 1 aliphatic carbocycles. The molecule has 1 saturated heterocycles. The van der Waals surface area contributed by atoms with Crippen molar-refractivity contribution in [3.63, 3.8) is 0 Å². The molecule has 0 atom stereocenters. The SMILES string of the molecule is CN1CC2(C/C(=N\O)c3ccccc32)C1. The van der Waals surface area contributed by atoms with Crippen molar-refractivity contribution in [2.24, 2.45) is 5.16 Å². The third kappa shape index (κ3) is 1.07. The van der Waals surface area contributed by atoms with Crippen molar-refractivity contribution in [3.05, 3.63) is 35.4 Å². The fraction of sp³-hybridized carbons (Fsp3) is 0.417. The third-order valence-electron chi connectivity index (χ3n) is 3.58. The molecule has 1 N–H and O–H groups in total. The van der Waals surface area contributed by atoms with E-state index in [4.69, 9.17) is 5.21 Å². The quantitative estimate of drug-likeness (QED) is 0.510. The first-order valence-corrected chi connectivity index (χ1v) is 5.24. The minimum Gasteiger partial charge on any atom is -0.411 e. The van der Waals surface area contributed by atoms with Crippen LogP contribution in [0, 0.1) is 0 Å². The molecule has 2 aliphatic rings. The average molecular weight is 202 g/mol. The first kappa shape index (κ1) is 8.92. The van der Waals surface area contributed by atoms with Crippen molar-refractivity contribution in [3.8, 4) is 0 Å². The molecule has 3 nitrogen and oxygen atoms in total. The normalized spacial score (nSPS) is 25.5. The van der Waals surface area contributed by atoms with E-state index in [0.717, 1.165) is 30.8 Å². The van der Waals surface area contributed by atoms with Crippen LogP contribution in [0.15, 0.2) is 29.4 Å². The lowest BCUT2D eigenvalue weighted by molar-refractivity contribution is 0.103. The first-order valence-electron chi connectivity index (χ1n) is 5.24. The average Bonchev–Trinajstić information content (AvgIpc) is 2.54. The molecule has 3 heteroatoms. The van der Waals surface area contributed by atoms with Crippen LogP contribution in [0.4, 0.5) is 0 Å². The highest BCUT2D eigenvalue weighted by Crippen LogP contribution is 2.44. The van der Waals surface area contributed by atoms with Crippen LogP contribution in [-0.2, 0) is 5.41 Å². The molecule has 0 unspecified atom stereocenters. The predicted octanol–water partition coefficient (Wildman–Crippen LogP) is 1.45. The second-order valence-corrected chi connectivity index (χ2v) is 4.72. The van der Waals surface area contributed by atoms with Gasteiger partial charge in [0.25, 0.3) is 0 Å². The van der Waals surface area contributed by atoms with Crippen molar-refractivity contribution < 1.29 is 5.21 Å². The Bertz CT molecular complexity index is 433. The fourth-order valence-electron chi connectivity index (χ4n) is 3.07. The van der Waals surface area contributed by atoms with Crippen molar-refractivity contribution in [1.82, 2.24) is 4.90 Å². The lowest BCUT2D eigenvalue weighted by Gasteiger charge is -2.46. The van der Waals surface area contributed by atoms with Gasteiger partial charge in [-0.25, -0.2) is 0 Å². The van der Waals surface area contributed by atoms with Crippen LogP contribution in [0.5, 0.6) is 0 Å². The smallest absolute Gasteiger partial charge is 0.0880 e. The largest absolute Gasteiger partial charge is 0.411 e. The van der Waals surface area contributed by atoms with E-state index in [0.29, 0.717) is 0 Å². The lowest BCUT2D eigenvalue weighted by atomic mass is 9.75. The maximum absolute atomic E-state index is 9.00. The topological polar surface area (TPSA) is 35.8 Å². The second kappa shape index (κ2) is 2.83. The summed E-state index contributed by atoms with van der Waals surface area (Å²) in [7, 11) is 2.13. The summed E-state index contributed by atoms with van der Waals surface area (Å²) < 4.78 is 0. The zero-order chi connectivity index (χ0) is 10.5. The number of likely N-dealkylation sites (N-methyl/N-ethyl adjacent to an activating group) is 1. The van der Waals surface area contributed by atoms with E-state index in [1.54, 1.807) is 0 Å². The molecule has 1 aromatic carbocycles. The number of hydrogen-bond donors (Lipinski definition) is 1. The Labute approximate surface area is 89.0 Å². The zero-order valence-electron chi connectivity index (χ0n) is 8.77. The van der Waals surface area contributed by atoms with E-state index < -0.39 is 0 Å². The minimum atomic E-state index is 0.229. The van der Waals surface area contributed by atoms with Crippen LogP contribution in [0.2, 0.25) is 0 Å². The summed E-state index contributed by atoms with van der Waals surface area (Å²) in [5, 5.41) is 12.4. The van der Waals surface area contributed by atoms with Crippen molar-refractivity contribution in [1.29, 1.82) is 0 Å². The van der Waals surface area contributed by atoms with Crippen molar-refractivity contribution >= 4 is 5.71 Å². The van der Waals surface area contributed by atoms with Gasteiger partial charge in [0.15, 0.2) is 0 Å². The van der Waals surface area contributed by atoms with Gasteiger partial charge >= 0.3 is 0 Å². The number of fused-ring (bicyclic) bond motifs is 2. The van der Waals surface area contributed by atoms with E-state index in [-0.39, 0.29) is 5.41 Å². The Balaban J connectivity index is 2.11. The monoisotopic (exact) mass is 202 g/mol. The molecular weight excluding hydrogens is 188 g/mol. The second-order valence-electron chi connectivity index (χ2n) is 4.72. The standard InChI is InChI=1S/C12H14N2O/c1-14-7-12(8-14)6-11(13-15)9-4-2-3-5-10(9)12/h2-5,15H,6-8H2,1H3/b13-11+. The summed E-state index contributed by atoms with van der Waals surface area (Å²) in [6, 6.07) is 8.29. The number of oxime groups is 1. The molecule has 1 aromatic rings. The van der Waals surface area contributed by atoms with Crippen LogP contribution in [0.3, 0.4) is 0 Å². The molecule has 3 rings (SSSR count). The van der Waals surface area contributed by atoms with E-state index in [2.05, 4.69) is 35.3 Å². The van der Waals surface area contributed by atoms with Crippen molar-refractivity contribution in [2.75, 3.05) is 20.1 Å². The molecule has 1 heterocycles. The summed E-state index contributed by atoms with van der Waals surface area (Å²) in [5.41, 5.74) is 3.56. The van der Waals surface area contributed by atoms with Crippen LogP contribution in [0.25, 0.3) is 0 Å². The van der Waals surface area contributed by atoms with Gasteiger partial charge in [0.1, 0.15) is 0 Å². The van der Waals surface area contributed by atoms with Gasteiger partial charge in [-0.05, 0) is 12.6 Å². The van der Waals surface area contributed by atoms with E-state index in [9.17, 15) is 0 Å². The molecule has 78 valence electrons. The molecule has 0 radical (unpaired) electrons. The van der Waals surface area contributed by atoms with Gasteiger partial charge in [-0.2, -0.15) is 0 Å². The summed E-state index contributed by atoms with van der Waals surface area (Å²) in [5.74, 6) is 0. The van der Waals surface area contributed by atoms with Crippen LogP contribution in [0.1, 0.15) is 17.5 Å². The van der Waals surface area contributed by atoms with E-state index in [1.807, 2.05) is 6.07 Å². The molecule has 0 aromatic heterocycles. The van der Waals surface area contributed by atoms with Crippen LogP contribution < -0.4 is 0 Å². The van der Waals surface area contributed by atoms with E-state index >= 15 is 0 Å².